The molecule has 0 aliphatic rings. The smallest absolute Gasteiger partial charge is 0.338 e. The van der Waals surface area contributed by atoms with Crippen molar-refractivity contribution in [2.75, 3.05) is 6.61 Å². The lowest BCUT2D eigenvalue weighted by Gasteiger charge is -2.07. The molecular formula is C15H13FO3. The first-order valence-electron chi connectivity index (χ1n) is 5.89. The van der Waals surface area contributed by atoms with Crippen molar-refractivity contribution >= 4 is 5.97 Å². The largest absolute Gasteiger partial charge is 0.462 e. The van der Waals surface area contributed by atoms with Crippen molar-refractivity contribution in [1.82, 2.24) is 0 Å². The summed E-state index contributed by atoms with van der Waals surface area (Å²) in [5, 5.41) is 0. The average molecular weight is 260 g/mol. The number of carbonyl (C=O) groups is 1. The maximum absolute atomic E-state index is 12.8. The Bertz CT molecular complexity index is 564. The van der Waals surface area contributed by atoms with E-state index in [-0.39, 0.29) is 5.82 Å². The van der Waals surface area contributed by atoms with Crippen LogP contribution < -0.4 is 4.74 Å². The van der Waals surface area contributed by atoms with Crippen molar-refractivity contribution in [3.8, 4) is 11.5 Å². The van der Waals surface area contributed by atoms with Crippen LogP contribution in [0, 0.1) is 5.82 Å². The Kier molecular flexibility index (Phi) is 4.13. The minimum absolute atomic E-state index is 0.321. The molecule has 0 amide bonds. The molecule has 0 aromatic heterocycles. The fraction of sp³-hybridized carbons (Fsp3) is 0.133. The van der Waals surface area contributed by atoms with Crippen LogP contribution in [0.3, 0.4) is 0 Å². The molecule has 0 atom stereocenters. The van der Waals surface area contributed by atoms with E-state index < -0.39 is 5.97 Å². The Balaban J connectivity index is 2.15. The number of rotatable bonds is 4. The Labute approximate surface area is 110 Å². The summed E-state index contributed by atoms with van der Waals surface area (Å²) in [7, 11) is 0. The second-order valence-electron chi connectivity index (χ2n) is 3.80. The highest BCUT2D eigenvalue weighted by molar-refractivity contribution is 5.89. The molecule has 0 radical (unpaired) electrons. The summed E-state index contributed by atoms with van der Waals surface area (Å²) < 4.78 is 23.2. The van der Waals surface area contributed by atoms with Crippen LogP contribution in [-0.4, -0.2) is 12.6 Å². The molecule has 0 aliphatic heterocycles. The van der Waals surface area contributed by atoms with E-state index in [0.717, 1.165) is 0 Å². The fourth-order valence-corrected chi connectivity index (χ4v) is 1.54. The first-order chi connectivity index (χ1) is 9.19. The Morgan fingerprint density at radius 2 is 1.84 bits per heavy atom. The number of carbonyl (C=O) groups excluding carboxylic acids is 1. The maximum Gasteiger partial charge on any atom is 0.338 e. The summed E-state index contributed by atoms with van der Waals surface area (Å²) in [6.07, 6.45) is 0. The highest BCUT2D eigenvalue weighted by Gasteiger charge is 2.07. The topological polar surface area (TPSA) is 35.5 Å². The summed E-state index contributed by atoms with van der Waals surface area (Å²) in [4.78, 5) is 11.6. The molecule has 2 aromatic rings. The van der Waals surface area contributed by atoms with Crippen LogP contribution in [0.25, 0.3) is 0 Å². The predicted molar refractivity (Wildman–Crippen MR) is 68.9 cm³/mol. The molecule has 2 rings (SSSR count). The van der Waals surface area contributed by atoms with Crippen LogP contribution in [-0.2, 0) is 4.74 Å². The summed E-state index contributed by atoms with van der Waals surface area (Å²) in [6, 6.07) is 12.3. The van der Waals surface area contributed by atoms with Gasteiger partial charge in [-0.1, -0.05) is 6.07 Å². The highest BCUT2D eigenvalue weighted by atomic mass is 19.1. The molecule has 0 unspecified atom stereocenters. The third-order valence-electron chi connectivity index (χ3n) is 2.39. The van der Waals surface area contributed by atoms with Crippen molar-refractivity contribution in [2.45, 2.75) is 6.92 Å². The minimum atomic E-state index is -0.396. The molecule has 0 bridgehead atoms. The van der Waals surface area contributed by atoms with Gasteiger partial charge in [-0.2, -0.15) is 0 Å². The molecule has 0 spiro atoms. The van der Waals surface area contributed by atoms with Crippen molar-refractivity contribution in [3.05, 3.63) is 59.9 Å². The number of esters is 1. The van der Waals surface area contributed by atoms with Crippen molar-refractivity contribution in [2.24, 2.45) is 0 Å². The van der Waals surface area contributed by atoms with Gasteiger partial charge >= 0.3 is 5.97 Å². The molecule has 0 heterocycles. The molecule has 4 heteroatoms. The summed E-state index contributed by atoms with van der Waals surface area (Å²) in [5.41, 5.74) is 0.418. The second-order valence-corrected chi connectivity index (χ2v) is 3.80. The molecule has 0 aliphatic carbocycles. The molecule has 98 valence electrons. The lowest BCUT2D eigenvalue weighted by Crippen LogP contribution is -2.04. The van der Waals surface area contributed by atoms with Crippen LogP contribution in [0.4, 0.5) is 4.39 Å². The van der Waals surface area contributed by atoms with E-state index in [2.05, 4.69) is 0 Å². The summed E-state index contributed by atoms with van der Waals surface area (Å²) in [6.45, 7) is 2.07. The number of ether oxygens (including phenoxy) is 2. The van der Waals surface area contributed by atoms with E-state index in [1.807, 2.05) is 0 Å². The average Bonchev–Trinajstić information content (AvgIpc) is 2.42. The van der Waals surface area contributed by atoms with Gasteiger partial charge in [0.05, 0.1) is 12.2 Å². The summed E-state index contributed by atoms with van der Waals surface area (Å²) in [5.74, 6) is 0.277. The molecule has 0 N–H and O–H groups in total. The molecule has 19 heavy (non-hydrogen) atoms. The zero-order valence-electron chi connectivity index (χ0n) is 10.4. The van der Waals surface area contributed by atoms with E-state index in [9.17, 15) is 9.18 Å². The highest BCUT2D eigenvalue weighted by Crippen LogP contribution is 2.22. The van der Waals surface area contributed by atoms with E-state index >= 15 is 0 Å². The molecule has 0 saturated heterocycles. The predicted octanol–water partition coefficient (Wildman–Crippen LogP) is 3.79. The molecule has 0 saturated carbocycles. The molecule has 2 aromatic carbocycles. The van der Waals surface area contributed by atoms with Gasteiger partial charge in [-0.05, 0) is 49.4 Å². The zero-order valence-corrected chi connectivity index (χ0v) is 10.4. The molecule has 3 nitrogen and oxygen atoms in total. The van der Waals surface area contributed by atoms with Crippen LogP contribution in [0.5, 0.6) is 11.5 Å². The Morgan fingerprint density at radius 1 is 1.11 bits per heavy atom. The van der Waals surface area contributed by atoms with Gasteiger partial charge in [-0.25, -0.2) is 9.18 Å². The lowest BCUT2D eigenvalue weighted by molar-refractivity contribution is 0.0526. The minimum Gasteiger partial charge on any atom is -0.462 e. The van der Waals surface area contributed by atoms with Gasteiger partial charge in [0.15, 0.2) is 0 Å². The molecular weight excluding hydrogens is 247 g/mol. The monoisotopic (exact) mass is 260 g/mol. The SMILES string of the molecule is CCOC(=O)c1cccc(Oc2ccc(F)cc2)c1. The Hall–Kier alpha value is -2.36. The van der Waals surface area contributed by atoms with Crippen molar-refractivity contribution < 1.29 is 18.7 Å². The van der Waals surface area contributed by atoms with E-state index in [4.69, 9.17) is 9.47 Å². The number of halogens is 1. The van der Waals surface area contributed by atoms with Gasteiger partial charge in [0, 0.05) is 0 Å². The van der Waals surface area contributed by atoms with Gasteiger partial charge in [-0.15, -0.1) is 0 Å². The van der Waals surface area contributed by atoms with Crippen LogP contribution in [0.1, 0.15) is 17.3 Å². The van der Waals surface area contributed by atoms with Crippen molar-refractivity contribution in [1.29, 1.82) is 0 Å². The zero-order chi connectivity index (χ0) is 13.7. The third-order valence-corrected chi connectivity index (χ3v) is 2.39. The standard InChI is InChI=1S/C15H13FO3/c1-2-18-15(17)11-4-3-5-14(10-11)19-13-8-6-12(16)7-9-13/h3-10H,2H2,1H3. The van der Waals surface area contributed by atoms with Crippen LogP contribution in [0.15, 0.2) is 48.5 Å². The number of hydrogen-bond donors (Lipinski definition) is 0. The third kappa shape index (κ3) is 3.55. The van der Waals surface area contributed by atoms with E-state index in [0.29, 0.717) is 23.7 Å². The van der Waals surface area contributed by atoms with Gasteiger partial charge in [0.1, 0.15) is 17.3 Å². The normalized spacial score (nSPS) is 10.0. The first kappa shape index (κ1) is 13.1. The van der Waals surface area contributed by atoms with Gasteiger partial charge in [-0.3, -0.25) is 0 Å². The number of benzene rings is 2. The molecule has 0 fully saturated rings. The van der Waals surface area contributed by atoms with Crippen LogP contribution in [0.2, 0.25) is 0 Å². The Morgan fingerprint density at radius 3 is 2.53 bits per heavy atom. The quantitative estimate of drug-likeness (QED) is 0.784. The second kappa shape index (κ2) is 6.00. The van der Waals surface area contributed by atoms with Gasteiger partial charge in [0.2, 0.25) is 0 Å². The fourth-order valence-electron chi connectivity index (χ4n) is 1.54. The maximum atomic E-state index is 12.8. The van der Waals surface area contributed by atoms with E-state index in [1.54, 1.807) is 31.2 Å². The van der Waals surface area contributed by atoms with Gasteiger partial charge in [0.25, 0.3) is 0 Å². The van der Waals surface area contributed by atoms with Crippen LogP contribution >= 0.6 is 0 Å². The van der Waals surface area contributed by atoms with Gasteiger partial charge < -0.3 is 9.47 Å². The first-order valence-corrected chi connectivity index (χ1v) is 5.89. The lowest BCUT2D eigenvalue weighted by atomic mass is 10.2. The van der Waals surface area contributed by atoms with E-state index in [1.165, 1.54) is 24.3 Å². The summed E-state index contributed by atoms with van der Waals surface area (Å²) >= 11 is 0. The number of hydrogen-bond acceptors (Lipinski definition) is 3. The van der Waals surface area contributed by atoms with Crippen molar-refractivity contribution in [3.63, 3.8) is 0 Å².